The minimum atomic E-state index is -0.0601. The number of aromatic nitrogens is 1. The van der Waals surface area contributed by atoms with Crippen molar-refractivity contribution in [1.29, 1.82) is 0 Å². The molecule has 2 aromatic rings. The number of aromatic amines is 1. The Morgan fingerprint density at radius 1 is 1.24 bits per heavy atom. The van der Waals surface area contributed by atoms with Crippen molar-refractivity contribution in [3.05, 3.63) is 35.5 Å². The number of hydrogen-bond donors (Lipinski definition) is 2. The number of carbonyl (C=O) groups excluding carboxylic acids is 1. The second-order valence-electron chi connectivity index (χ2n) is 8.98. The maximum Gasteiger partial charge on any atom is 0.260 e. The lowest BCUT2D eigenvalue weighted by Gasteiger charge is -2.22. The number of benzene rings is 1. The summed E-state index contributed by atoms with van der Waals surface area (Å²) in [5, 5.41) is 3.17. The van der Waals surface area contributed by atoms with Gasteiger partial charge in [-0.15, -0.1) is 0 Å². The van der Waals surface area contributed by atoms with Crippen molar-refractivity contribution in [2.24, 2.45) is 15.9 Å². The quantitative estimate of drug-likeness (QED) is 0.750. The molecule has 0 unspecified atom stereocenters. The van der Waals surface area contributed by atoms with E-state index in [2.05, 4.69) is 27.2 Å². The minimum absolute atomic E-state index is 0.0413. The van der Waals surface area contributed by atoms with Gasteiger partial charge in [-0.05, 0) is 56.5 Å². The molecule has 2 N–H and O–H groups in total. The standard InChI is InChI=1S/C24H30N6O3/c1-29-8-3-9-30(2)21(31)14-33-20-10-18(6-7-19(20)32-13-16-4-5-16)28-24-22-17(12-29)11-25-23(22)26-15-27-24/h6-7,10-11,15-16H,3-5,8-9,12-14H2,1-2H3,(H2,25,26,27,28). The van der Waals surface area contributed by atoms with Crippen molar-refractivity contribution >= 4 is 29.6 Å². The van der Waals surface area contributed by atoms with E-state index in [1.165, 1.54) is 12.8 Å². The van der Waals surface area contributed by atoms with E-state index < -0.39 is 0 Å². The zero-order valence-corrected chi connectivity index (χ0v) is 19.1. The second-order valence-corrected chi connectivity index (χ2v) is 8.98. The smallest absolute Gasteiger partial charge is 0.260 e. The molecule has 1 fully saturated rings. The molecule has 1 aliphatic carbocycles. The summed E-state index contributed by atoms with van der Waals surface area (Å²) in [4.78, 5) is 29.2. The Kier molecular flexibility index (Phi) is 6.04. The van der Waals surface area contributed by atoms with Gasteiger partial charge in [-0.25, -0.2) is 9.98 Å². The molecule has 3 aliphatic rings. The molecule has 0 radical (unpaired) electrons. The lowest BCUT2D eigenvalue weighted by atomic mass is 10.1. The number of nitrogens with one attached hydrogen (secondary N) is 2. The maximum atomic E-state index is 12.6. The van der Waals surface area contributed by atoms with Crippen LogP contribution in [0.4, 0.5) is 11.5 Å². The first-order valence-electron chi connectivity index (χ1n) is 11.5. The number of fused-ring (bicyclic) bond motifs is 2. The maximum absolute atomic E-state index is 12.6. The highest BCUT2D eigenvalue weighted by molar-refractivity contribution is 6.13. The van der Waals surface area contributed by atoms with E-state index >= 15 is 0 Å². The van der Waals surface area contributed by atoms with Crippen molar-refractivity contribution in [1.82, 2.24) is 14.8 Å². The molecule has 174 valence electrons. The second kappa shape index (κ2) is 9.27. The molecule has 0 spiro atoms. The van der Waals surface area contributed by atoms with Crippen molar-refractivity contribution in [2.45, 2.75) is 25.8 Å². The highest BCUT2D eigenvalue weighted by Gasteiger charge is 2.24. The summed E-state index contributed by atoms with van der Waals surface area (Å²) in [6.07, 6.45) is 6.92. The predicted octanol–water partition coefficient (Wildman–Crippen LogP) is 3.01. The summed E-state index contributed by atoms with van der Waals surface area (Å²) in [7, 11) is 3.90. The van der Waals surface area contributed by atoms with Crippen LogP contribution in [0.25, 0.3) is 0 Å². The zero-order chi connectivity index (χ0) is 22.8. The Labute approximate surface area is 193 Å². The van der Waals surface area contributed by atoms with Crippen LogP contribution in [-0.2, 0) is 11.3 Å². The number of amidine groups is 1. The van der Waals surface area contributed by atoms with Gasteiger partial charge in [0.1, 0.15) is 5.82 Å². The molecule has 9 heteroatoms. The van der Waals surface area contributed by atoms with E-state index in [1.807, 2.05) is 31.4 Å². The van der Waals surface area contributed by atoms with E-state index in [9.17, 15) is 4.79 Å². The number of likely N-dealkylation sites (N-methyl/N-ethyl adjacent to an activating group) is 1. The van der Waals surface area contributed by atoms with Crippen LogP contribution in [0.5, 0.6) is 11.5 Å². The molecular formula is C24H30N6O3. The van der Waals surface area contributed by atoms with Crippen LogP contribution in [0.2, 0.25) is 0 Å². The molecule has 2 bridgehead atoms. The van der Waals surface area contributed by atoms with Crippen molar-refractivity contribution < 1.29 is 14.3 Å². The Balaban J connectivity index is 1.51. The summed E-state index contributed by atoms with van der Waals surface area (Å²) in [5.74, 6) is 3.24. The van der Waals surface area contributed by atoms with Crippen LogP contribution in [0.1, 0.15) is 30.4 Å². The Bertz CT molecular complexity index is 1090. The summed E-state index contributed by atoms with van der Waals surface area (Å²) in [5.41, 5.74) is 2.78. The fraction of sp³-hybridized carbons (Fsp3) is 0.458. The lowest BCUT2D eigenvalue weighted by Crippen LogP contribution is -2.34. The number of H-pyrrole nitrogens is 1. The van der Waals surface area contributed by atoms with Crippen molar-refractivity contribution in [3.8, 4) is 11.5 Å². The van der Waals surface area contributed by atoms with Gasteiger partial charge in [0.15, 0.2) is 23.9 Å². The molecule has 0 atom stereocenters. The monoisotopic (exact) mass is 450 g/mol. The van der Waals surface area contributed by atoms with Crippen LogP contribution in [0.15, 0.2) is 34.4 Å². The summed E-state index contributed by atoms with van der Waals surface area (Å²) >= 11 is 0. The largest absolute Gasteiger partial charge is 0.489 e. The molecule has 2 aliphatic heterocycles. The average molecular weight is 451 g/mol. The summed E-state index contributed by atoms with van der Waals surface area (Å²) in [6, 6.07) is 5.59. The van der Waals surface area contributed by atoms with Crippen LogP contribution in [-0.4, -0.2) is 73.3 Å². The molecule has 1 aromatic carbocycles. The third kappa shape index (κ3) is 5.03. The molecule has 1 saturated carbocycles. The minimum Gasteiger partial charge on any atom is -0.489 e. The van der Waals surface area contributed by atoms with Gasteiger partial charge < -0.3 is 29.6 Å². The van der Waals surface area contributed by atoms with Crippen LogP contribution in [0, 0.1) is 5.92 Å². The molecule has 0 saturated heterocycles. The predicted molar refractivity (Wildman–Crippen MR) is 128 cm³/mol. The fourth-order valence-corrected chi connectivity index (χ4v) is 4.00. The Morgan fingerprint density at radius 3 is 2.97 bits per heavy atom. The topological polar surface area (TPSA) is 94.6 Å². The number of amides is 1. The first-order valence-corrected chi connectivity index (χ1v) is 11.5. The lowest BCUT2D eigenvalue weighted by molar-refractivity contribution is -0.132. The molecule has 3 heterocycles. The van der Waals surface area contributed by atoms with Gasteiger partial charge in [-0.1, -0.05) is 0 Å². The molecule has 1 aromatic heterocycles. The first kappa shape index (κ1) is 21.5. The zero-order valence-electron chi connectivity index (χ0n) is 19.1. The number of nitrogens with zero attached hydrogens (tertiary/aromatic N) is 4. The van der Waals surface area contributed by atoms with E-state index in [-0.39, 0.29) is 12.5 Å². The number of rotatable bonds is 3. The Morgan fingerprint density at radius 2 is 2.12 bits per heavy atom. The van der Waals surface area contributed by atoms with E-state index in [0.29, 0.717) is 42.1 Å². The van der Waals surface area contributed by atoms with E-state index in [0.717, 1.165) is 36.5 Å². The summed E-state index contributed by atoms with van der Waals surface area (Å²) < 4.78 is 11.9. The number of anilines is 1. The van der Waals surface area contributed by atoms with Gasteiger partial charge in [-0.2, -0.15) is 0 Å². The van der Waals surface area contributed by atoms with Gasteiger partial charge >= 0.3 is 0 Å². The van der Waals surface area contributed by atoms with Crippen LogP contribution < -0.4 is 14.8 Å². The molecule has 9 nitrogen and oxygen atoms in total. The molecule has 5 rings (SSSR count). The average Bonchev–Trinajstić information content (AvgIpc) is 3.55. The number of aliphatic imine (C=N–C) groups is 2. The highest BCUT2D eigenvalue weighted by atomic mass is 16.5. The van der Waals surface area contributed by atoms with Gasteiger partial charge in [-0.3, -0.25) is 4.79 Å². The SMILES string of the molecule is CN1CCCN(C)C(=O)COc2cc(ccc2OCC2CC2)/N=C2/N=CNc3[nH]cc(c32)C1. The van der Waals surface area contributed by atoms with Crippen LogP contribution in [0.3, 0.4) is 0 Å². The third-order valence-corrected chi connectivity index (χ3v) is 6.17. The Hall–Kier alpha value is -3.33. The van der Waals surface area contributed by atoms with E-state index in [1.54, 1.807) is 11.2 Å². The van der Waals surface area contributed by atoms with Crippen molar-refractivity contribution in [2.75, 3.05) is 45.7 Å². The van der Waals surface area contributed by atoms with Gasteiger partial charge in [0.05, 0.1) is 24.2 Å². The summed E-state index contributed by atoms with van der Waals surface area (Å²) in [6.45, 7) is 2.90. The molecule has 1 amide bonds. The first-order chi connectivity index (χ1) is 16.1. The molecular weight excluding hydrogens is 420 g/mol. The van der Waals surface area contributed by atoms with Gasteiger partial charge in [0, 0.05) is 32.4 Å². The third-order valence-electron chi connectivity index (χ3n) is 6.17. The highest BCUT2D eigenvalue weighted by Crippen LogP contribution is 2.36. The van der Waals surface area contributed by atoms with Crippen LogP contribution >= 0.6 is 0 Å². The molecule has 33 heavy (non-hydrogen) atoms. The van der Waals surface area contributed by atoms with Gasteiger partial charge in [0.25, 0.3) is 5.91 Å². The fourth-order valence-electron chi connectivity index (χ4n) is 4.00. The normalized spacial score (nSPS) is 21.0. The number of hydrogen-bond acceptors (Lipinski definition) is 7. The van der Waals surface area contributed by atoms with E-state index in [4.69, 9.17) is 14.5 Å². The van der Waals surface area contributed by atoms with Gasteiger partial charge in [0.2, 0.25) is 0 Å². The van der Waals surface area contributed by atoms with Crippen molar-refractivity contribution in [3.63, 3.8) is 0 Å². The number of ether oxygens (including phenoxy) is 2. The number of carbonyl (C=O) groups is 1.